The lowest BCUT2D eigenvalue weighted by molar-refractivity contribution is 0.0618. The summed E-state index contributed by atoms with van der Waals surface area (Å²) in [6.45, 7) is 4.59. The first-order valence-electron chi connectivity index (χ1n) is 7.83. The van der Waals surface area contributed by atoms with E-state index in [2.05, 4.69) is 16.9 Å². The highest BCUT2D eigenvalue weighted by Crippen LogP contribution is 2.33. The van der Waals surface area contributed by atoms with Gasteiger partial charge in [0.05, 0.1) is 11.9 Å². The van der Waals surface area contributed by atoms with Gasteiger partial charge < -0.3 is 4.90 Å². The lowest BCUT2D eigenvalue weighted by Crippen LogP contribution is -2.47. The summed E-state index contributed by atoms with van der Waals surface area (Å²) < 4.78 is 13.4. The van der Waals surface area contributed by atoms with Gasteiger partial charge in [-0.15, -0.1) is 0 Å². The van der Waals surface area contributed by atoms with Crippen molar-refractivity contribution < 1.29 is 9.18 Å². The minimum atomic E-state index is -0.322. The van der Waals surface area contributed by atoms with Gasteiger partial charge in [0.25, 0.3) is 5.91 Å². The highest BCUT2D eigenvalue weighted by molar-refractivity contribution is 5.92. The van der Waals surface area contributed by atoms with Crippen LogP contribution in [0.3, 0.4) is 0 Å². The maximum atomic E-state index is 13.4. The molecule has 1 aliphatic heterocycles. The van der Waals surface area contributed by atoms with Crippen molar-refractivity contribution in [3.8, 4) is 0 Å². The fraction of sp³-hybridized carbons (Fsp3) is 0.389. The molecule has 1 fully saturated rings. The number of aromatic nitrogens is 2. The van der Waals surface area contributed by atoms with Crippen LogP contribution in [0.1, 0.15) is 41.5 Å². The van der Waals surface area contributed by atoms with Gasteiger partial charge in [0.15, 0.2) is 0 Å². The number of amides is 1. The highest BCUT2D eigenvalue weighted by Gasteiger charge is 2.40. The van der Waals surface area contributed by atoms with E-state index in [0.717, 1.165) is 24.1 Å². The molecule has 23 heavy (non-hydrogen) atoms. The zero-order chi connectivity index (χ0) is 16.4. The Kier molecular flexibility index (Phi) is 4.11. The van der Waals surface area contributed by atoms with Crippen LogP contribution in [0.2, 0.25) is 0 Å². The van der Waals surface area contributed by atoms with Crippen molar-refractivity contribution in [3.05, 3.63) is 59.4 Å². The first-order chi connectivity index (χ1) is 11.0. The lowest BCUT2D eigenvalue weighted by Gasteiger charge is -2.35. The van der Waals surface area contributed by atoms with E-state index >= 15 is 0 Å². The molecule has 120 valence electrons. The van der Waals surface area contributed by atoms with Crippen LogP contribution in [0, 0.1) is 12.7 Å². The average molecular weight is 313 g/mol. The van der Waals surface area contributed by atoms with Gasteiger partial charge in [0, 0.05) is 18.3 Å². The maximum absolute atomic E-state index is 13.4. The summed E-state index contributed by atoms with van der Waals surface area (Å²) in [5.41, 5.74) is 1.73. The van der Waals surface area contributed by atoms with Gasteiger partial charge >= 0.3 is 0 Å². The molecule has 0 N–H and O–H groups in total. The summed E-state index contributed by atoms with van der Waals surface area (Å²) in [7, 11) is 0. The van der Waals surface area contributed by atoms with Crippen molar-refractivity contribution in [1.29, 1.82) is 0 Å². The van der Waals surface area contributed by atoms with Crippen molar-refractivity contribution in [1.82, 2.24) is 14.9 Å². The molecule has 1 aromatic heterocycles. The topological polar surface area (TPSA) is 46.1 Å². The van der Waals surface area contributed by atoms with E-state index in [0.29, 0.717) is 18.7 Å². The minimum absolute atomic E-state index is 0.103. The molecule has 1 atom stereocenters. The minimum Gasteiger partial charge on any atom is -0.332 e. The normalized spacial score (nSPS) is 20.7. The Morgan fingerprint density at radius 2 is 2.17 bits per heavy atom. The second kappa shape index (κ2) is 6.07. The van der Waals surface area contributed by atoms with E-state index < -0.39 is 0 Å². The number of carbonyl (C=O) groups is 1. The Labute approximate surface area is 135 Å². The summed E-state index contributed by atoms with van der Waals surface area (Å²) in [4.78, 5) is 23.0. The average Bonchev–Trinajstić information content (AvgIpc) is 2.88. The molecule has 0 saturated carbocycles. The van der Waals surface area contributed by atoms with Gasteiger partial charge in [-0.05, 0) is 50.8 Å². The molecule has 0 radical (unpaired) electrons. The van der Waals surface area contributed by atoms with Gasteiger partial charge in [0.2, 0.25) is 0 Å². The number of nitrogens with zero attached hydrogens (tertiary/aromatic N) is 3. The van der Waals surface area contributed by atoms with Crippen LogP contribution in [0.5, 0.6) is 0 Å². The molecule has 1 amide bonds. The second-order valence-electron chi connectivity index (χ2n) is 6.41. The molecule has 0 bridgehead atoms. The van der Waals surface area contributed by atoms with Gasteiger partial charge in [0.1, 0.15) is 11.5 Å². The van der Waals surface area contributed by atoms with E-state index in [1.807, 2.05) is 17.9 Å². The second-order valence-corrected chi connectivity index (χ2v) is 6.41. The Hall–Kier alpha value is -2.30. The third-order valence-corrected chi connectivity index (χ3v) is 4.47. The van der Waals surface area contributed by atoms with E-state index in [1.165, 1.54) is 18.3 Å². The molecular formula is C18H20FN3O. The van der Waals surface area contributed by atoms with Crippen molar-refractivity contribution in [2.24, 2.45) is 0 Å². The van der Waals surface area contributed by atoms with Crippen LogP contribution in [0.25, 0.3) is 0 Å². The van der Waals surface area contributed by atoms with Gasteiger partial charge in [-0.25, -0.2) is 9.37 Å². The fourth-order valence-corrected chi connectivity index (χ4v) is 3.28. The van der Waals surface area contributed by atoms with Crippen molar-refractivity contribution >= 4 is 5.91 Å². The smallest absolute Gasteiger partial charge is 0.274 e. The van der Waals surface area contributed by atoms with Crippen LogP contribution >= 0.6 is 0 Å². The van der Waals surface area contributed by atoms with E-state index in [9.17, 15) is 9.18 Å². The predicted octanol–water partition coefficient (Wildman–Crippen LogP) is 3.16. The van der Waals surface area contributed by atoms with Gasteiger partial charge in [-0.1, -0.05) is 12.1 Å². The van der Waals surface area contributed by atoms with Crippen LogP contribution < -0.4 is 0 Å². The largest absolute Gasteiger partial charge is 0.332 e. The molecule has 1 unspecified atom stereocenters. The Balaban J connectivity index is 1.83. The van der Waals surface area contributed by atoms with Gasteiger partial charge in [-0.2, -0.15) is 0 Å². The molecule has 4 nitrogen and oxygen atoms in total. The van der Waals surface area contributed by atoms with Crippen molar-refractivity contribution in [2.45, 2.75) is 38.6 Å². The third-order valence-electron chi connectivity index (χ3n) is 4.47. The number of hydrogen-bond donors (Lipinski definition) is 0. The summed E-state index contributed by atoms with van der Waals surface area (Å²) in [6.07, 6.45) is 5.60. The lowest BCUT2D eigenvalue weighted by atomic mass is 9.90. The first kappa shape index (κ1) is 15.6. The molecule has 1 aliphatic rings. The molecule has 1 saturated heterocycles. The molecule has 2 heterocycles. The van der Waals surface area contributed by atoms with Crippen molar-refractivity contribution in [2.75, 3.05) is 6.54 Å². The molecule has 0 aliphatic carbocycles. The maximum Gasteiger partial charge on any atom is 0.274 e. The van der Waals surface area contributed by atoms with Gasteiger partial charge in [-0.3, -0.25) is 9.78 Å². The quantitative estimate of drug-likeness (QED) is 0.874. The van der Waals surface area contributed by atoms with Crippen LogP contribution in [-0.4, -0.2) is 32.9 Å². The Morgan fingerprint density at radius 1 is 1.35 bits per heavy atom. The Bertz CT molecular complexity index is 716. The third kappa shape index (κ3) is 3.23. The summed E-state index contributed by atoms with van der Waals surface area (Å²) >= 11 is 0. The van der Waals surface area contributed by atoms with E-state index in [1.54, 1.807) is 12.3 Å². The number of benzene rings is 1. The van der Waals surface area contributed by atoms with E-state index in [4.69, 9.17) is 0 Å². The molecule has 3 rings (SSSR count). The standard InChI is InChI=1S/C18H20FN3O/c1-13-11-21-16(12-20-13)17(23)22-8-4-7-18(22,2)10-14-5-3-6-15(19)9-14/h3,5-6,9,11-12H,4,7-8,10H2,1-2H3. The summed E-state index contributed by atoms with van der Waals surface area (Å²) in [5, 5.41) is 0. The monoisotopic (exact) mass is 313 g/mol. The fourth-order valence-electron chi connectivity index (χ4n) is 3.28. The molecule has 0 spiro atoms. The highest BCUT2D eigenvalue weighted by atomic mass is 19.1. The SMILES string of the molecule is Cc1cnc(C(=O)N2CCCC2(C)Cc2cccc(F)c2)cn1. The molecular weight excluding hydrogens is 293 g/mol. The van der Waals surface area contributed by atoms with Crippen LogP contribution in [-0.2, 0) is 6.42 Å². The Morgan fingerprint density at radius 3 is 2.87 bits per heavy atom. The number of aryl methyl sites for hydroxylation is 1. The molecule has 1 aromatic carbocycles. The molecule has 2 aromatic rings. The van der Waals surface area contributed by atoms with Crippen LogP contribution in [0.15, 0.2) is 36.7 Å². The van der Waals surface area contributed by atoms with Crippen LogP contribution in [0.4, 0.5) is 4.39 Å². The number of halogens is 1. The van der Waals surface area contributed by atoms with Crippen molar-refractivity contribution in [3.63, 3.8) is 0 Å². The zero-order valence-electron chi connectivity index (χ0n) is 13.4. The molecule has 5 heteroatoms. The summed E-state index contributed by atoms with van der Waals surface area (Å²) in [5.74, 6) is -0.347. The van der Waals surface area contributed by atoms with E-state index in [-0.39, 0.29) is 17.3 Å². The summed E-state index contributed by atoms with van der Waals surface area (Å²) in [6, 6.07) is 6.59. The zero-order valence-corrected chi connectivity index (χ0v) is 13.4. The number of likely N-dealkylation sites (tertiary alicyclic amines) is 1. The number of hydrogen-bond acceptors (Lipinski definition) is 3. The number of carbonyl (C=O) groups excluding carboxylic acids is 1. The first-order valence-corrected chi connectivity index (χ1v) is 7.83. The predicted molar refractivity (Wildman–Crippen MR) is 85.5 cm³/mol. The number of rotatable bonds is 3.